The molecule has 1 aliphatic heterocycles. The van der Waals surface area contributed by atoms with E-state index in [1.807, 2.05) is 0 Å². The molecule has 1 saturated heterocycles. The summed E-state index contributed by atoms with van der Waals surface area (Å²) < 4.78 is 10.5. The number of aliphatic hydroxyl groups is 1. The summed E-state index contributed by atoms with van der Waals surface area (Å²) in [6.07, 6.45) is 0. The SMILES string of the molecule is CCOc1cc(/C(O)=C2/C(=O)C(=O)N(CCOC)C2c2cccc(O)c2)ccc1Cl. The third-order valence-electron chi connectivity index (χ3n) is 4.77. The van der Waals surface area contributed by atoms with Gasteiger partial charge in [-0.25, -0.2) is 0 Å². The number of rotatable bonds is 7. The molecule has 3 rings (SSSR count). The molecule has 30 heavy (non-hydrogen) atoms. The molecule has 0 bridgehead atoms. The molecule has 1 fully saturated rings. The number of hydrogen-bond acceptors (Lipinski definition) is 6. The highest BCUT2D eigenvalue weighted by atomic mass is 35.5. The second-order valence-corrected chi connectivity index (χ2v) is 7.07. The van der Waals surface area contributed by atoms with Gasteiger partial charge in [0, 0.05) is 19.2 Å². The van der Waals surface area contributed by atoms with Crippen molar-refractivity contribution in [3.05, 3.63) is 64.2 Å². The highest BCUT2D eigenvalue weighted by Crippen LogP contribution is 2.40. The van der Waals surface area contributed by atoms with Crippen molar-refractivity contribution in [2.75, 3.05) is 26.9 Å². The summed E-state index contributed by atoms with van der Waals surface area (Å²) in [5.74, 6) is -1.58. The molecule has 2 aromatic rings. The monoisotopic (exact) mass is 431 g/mol. The van der Waals surface area contributed by atoms with Gasteiger partial charge in [0.05, 0.1) is 29.9 Å². The third-order valence-corrected chi connectivity index (χ3v) is 5.08. The van der Waals surface area contributed by atoms with E-state index in [9.17, 15) is 19.8 Å². The predicted octanol–water partition coefficient (Wildman–Crippen LogP) is 3.51. The Morgan fingerprint density at radius 3 is 2.63 bits per heavy atom. The summed E-state index contributed by atoms with van der Waals surface area (Å²) in [5.41, 5.74) is 0.704. The maximum absolute atomic E-state index is 12.9. The minimum absolute atomic E-state index is 0.0186. The maximum Gasteiger partial charge on any atom is 0.295 e. The fourth-order valence-electron chi connectivity index (χ4n) is 3.41. The van der Waals surface area contributed by atoms with E-state index < -0.39 is 17.7 Å². The molecule has 0 spiro atoms. The standard InChI is InChI=1S/C22H22ClNO6/c1-3-30-17-12-14(7-8-16(17)23)20(26)18-19(13-5-4-6-15(25)11-13)24(9-10-29-2)22(28)21(18)27/h4-8,11-12,19,25-26H,3,9-10H2,1-2H3/b20-18-. The lowest BCUT2D eigenvalue weighted by molar-refractivity contribution is -0.140. The van der Waals surface area contributed by atoms with Crippen LogP contribution in [0.5, 0.6) is 11.5 Å². The van der Waals surface area contributed by atoms with Gasteiger partial charge in [0.15, 0.2) is 0 Å². The van der Waals surface area contributed by atoms with Crippen molar-refractivity contribution < 1.29 is 29.3 Å². The Morgan fingerprint density at radius 1 is 1.20 bits per heavy atom. The number of aliphatic hydroxyl groups excluding tert-OH is 1. The van der Waals surface area contributed by atoms with Crippen LogP contribution in [0.2, 0.25) is 5.02 Å². The van der Waals surface area contributed by atoms with Gasteiger partial charge in [-0.15, -0.1) is 0 Å². The van der Waals surface area contributed by atoms with Crippen LogP contribution in [0.3, 0.4) is 0 Å². The van der Waals surface area contributed by atoms with E-state index in [1.165, 1.54) is 30.2 Å². The number of likely N-dealkylation sites (tertiary alicyclic amines) is 1. The number of carbonyl (C=O) groups excluding carboxylic acids is 2. The molecule has 7 nitrogen and oxygen atoms in total. The summed E-state index contributed by atoms with van der Waals surface area (Å²) >= 11 is 6.12. The van der Waals surface area contributed by atoms with Gasteiger partial charge in [-0.3, -0.25) is 9.59 Å². The lowest BCUT2D eigenvalue weighted by Gasteiger charge is -2.25. The van der Waals surface area contributed by atoms with Gasteiger partial charge in [-0.05, 0) is 42.8 Å². The Morgan fingerprint density at radius 2 is 1.97 bits per heavy atom. The Balaban J connectivity index is 2.17. The van der Waals surface area contributed by atoms with Crippen LogP contribution in [-0.4, -0.2) is 53.7 Å². The van der Waals surface area contributed by atoms with E-state index in [0.717, 1.165) is 0 Å². The van der Waals surface area contributed by atoms with Crippen LogP contribution in [0.1, 0.15) is 24.1 Å². The van der Waals surface area contributed by atoms with Gasteiger partial charge in [0.1, 0.15) is 17.3 Å². The number of phenols is 1. The Labute approximate surface area is 179 Å². The largest absolute Gasteiger partial charge is 0.508 e. The van der Waals surface area contributed by atoms with Crippen LogP contribution >= 0.6 is 11.6 Å². The van der Waals surface area contributed by atoms with Crippen molar-refractivity contribution in [3.8, 4) is 11.5 Å². The second kappa shape index (κ2) is 9.19. The quantitative estimate of drug-likeness (QED) is 0.395. The number of hydrogen-bond donors (Lipinski definition) is 2. The van der Waals surface area contributed by atoms with Crippen LogP contribution in [0, 0.1) is 0 Å². The fraction of sp³-hybridized carbons (Fsp3) is 0.273. The molecule has 1 heterocycles. The number of halogens is 1. The summed E-state index contributed by atoms with van der Waals surface area (Å²) in [5, 5.41) is 21.3. The molecule has 8 heteroatoms. The maximum atomic E-state index is 12.9. The molecule has 0 aliphatic carbocycles. The molecule has 1 unspecified atom stereocenters. The number of benzene rings is 2. The van der Waals surface area contributed by atoms with Crippen molar-refractivity contribution in [2.24, 2.45) is 0 Å². The lowest BCUT2D eigenvalue weighted by Crippen LogP contribution is -2.32. The number of carbonyl (C=O) groups is 2. The van der Waals surface area contributed by atoms with Crippen molar-refractivity contribution in [2.45, 2.75) is 13.0 Å². The number of ether oxygens (including phenoxy) is 2. The van der Waals surface area contributed by atoms with Crippen LogP contribution in [0.4, 0.5) is 0 Å². The number of ketones is 1. The molecule has 0 radical (unpaired) electrons. The highest BCUT2D eigenvalue weighted by Gasteiger charge is 2.46. The first-order chi connectivity index (χ1) is 14.4. The average molecular weight is 432 g/mol. The molecule has 158 valence electrons. The van der Waals surface area contributed by atoms with E-state index in [-0.39, 0.29) is 35.8 Å². The van der Waals surface area contributed by atoms with Gasteiger partial charge in [0.2, 0.25) is 0 Å². The lowest BCUT2D eigenvalue weighted by atomic mass is 9.95. The van der Waals surface area contributed by atoms with Crippen molar-refractivity contribution in [3.63, 3.8) is 0 Å². The number of amides is 1. The van der Waals surface area contributed by atoms with E-state index in [4.69, 9.17) is 21.1 Å². The first-order valence-corrected chi connectivity index (χ1v) is 9.75. The van der Waals surface area contributed by atoms with Crippen molar-refractivity contribution >= 4 is 29.1 Å². The summed E-state index contributed by atoms with van der Waals surface area (Å²) in [6, 6.07) is 9.96. The second-order valence-electron chi connectivity index (χ2n) is 6.66. The van der Waals surface area contributed by atoms with Gasteiger partial charge >= 0.3 is 0 Å². The normalized spacial score (nSPS) is 18.1. The van der Waals surface area contributed by atoms with E-state index in [0.29, 0.717) is 22.9 Å². The van der Waals surface area contributed by atoms with Crippen LogP contribution in [0.15, 0.2) is 48.0 Å². The topological polar surface area (TPSA) is 96.3 Å². The molecule has 0 saturated carbocycles. The fourth-order valence-corrected chi connectivity index (χ4v) is 3.59. The Hall–Kier alpha value is -3.03. The molecule has 1 amide bonds. The zero-order chi connectivity index (χ0) is 21.8. The van der Waals surface area contributed by atoms with Gasteiger partial charge in [-0.2, -0.15) is 0 Å². The number of phenolic OH excluding ortho intramolecular Hbond substituents is 1. The zero-order valence-electron chi connectivity index (χ0n) is 16.6. The van der Waals surface area contributed by atoms with Gasteiger partial charge in [0.25, 0.3) is 11.7 Å². The Kier molecular flexibility index (Phi) is 6.64. The van der Waals surface area contributed by atoms with Crippen LogP contribution in [-0.2, 0) is 14.3 Å². The molecule has 1 aliphatic rings. The van der Waals surface area contributed by atoms with Gasteiger partial charge in [-0.1, -0.05) is 23.7 Å². The van der Waals surface area contributed by atoms with Crippen molar-refractivity contribution in [1.82, 2.24) is 4.90 Å². The molecule has 1 atom stereocenters. The summed E-state index contributed by atoms with van der Waals surface area (Å²) in [7, 11) is 1.49. The third kappa shape index (κ3) is 4.13. The van der Waals surface area contributed by atoms with E-state index in [1.54, 1.807) is 31.2 Å². The minimum Gasteiger partial charge on any atom is -0.508 e. The predicted molar refractivity (Wildman–Crippen MR) is 112 cm³/mol. The number of Topliss-reactive ketones (excluding diaryl/α,β-unsaturated/α-hetero) is 1. The van der Waals surface area contributed by atoms with Crippen LogP contribution in [0.25, 0.3) is 5.76 Å². The minimum atomic E-state index is -0.876. The van der Waals surface area contributed by atoms with Crippen LogP contribution < -0.4 is 4.74 Å². The summed E-state index contributed by atoms with van der Waals surface area (Å²) in [6.45, 7) is 2.52. The first-order valence-electron chi connectivity index (χ1n) is 9.38. The average Bonchev–Trinajstić information content (AvgIpc) is 2.98. The molecule has 2 aromatic carbocycles. The Bertz CT molecular complexity index is 1000. The first kappa shape index (κ1) is 21.7. The number of aromatic hydroxyl groups is 1. The van der Waals surface area contributed by atoms with Gasteiger partial charge < -0.3 is 24.6 Å². The molecular weight excluding hydrogens is 410 g/mol. The van der Waals surface area contributed by atoms with E-state index in [2.05, 4.69) is 0 Å². The number of nitrogens with zero attached hydrogens (tertiary/aromatic N) is 1. The summed E-state index contributed by atoms with van der Waals surface area (Å²) in [4.78, 5) is 26.9. The van der Waals surface area contributed by atoms with E-state index >= 15 is 0 Å². The van der Waals surface area contributed by atoms with Crippen molar-refractivity contribution in [1.29, 1.82) is 0 Å². The molecule has 2 N–H and O–H groups in total. The number of methoxy groups -OCH3 is 1. The molecular formula is C22H22ClNO6. The highest BCUT2D eigenvalue weighted by molar-refractivity contribution is 6.46. The zero-order valence-corrected chi connectivity index (χ0v) is 17.3. The molecule has 0 aromatic heterocycles. The smallest absolute Gasteiger partial charge is 0.295 e.